The third-order valence-corrected chi connectivity index (χ3v) is 6.33. The fourth-order valence-electron chi connectivity index (χ4n) is 4.35. The molecule has 1 saturated carbocycles. The SMILES string of the molecule is Cc1ccc2cc(CN(C(=S)NC[C@H]3CCCO3)C3CCCC3)c(=O)[nH]c2c1. The number of nitrogens with zero attached hydrogens (tertiary/aromatic N) is 1. The molecule has 0 radical (unpaired) electrons. The monoisotopic (exact) mass is 399 g/mol. The molecule has 1 aromatic heterocycles. The highest BCUT2D eigenvalue weighted by atomic mass is 32.1. The lowest BCUT2D eigenvalue weighted by molar-refractivity contribution is 0.113. The zero-order chi connectivity index (χ0) is 19.5. The number of hydrogen-bond donors (Lipinski definition) is 2. The van der Waals surface area contributed by atoms with E-state index in [0.717, 1.165) is 66.0 Å². The van der Waals surface area contributed by atoms with Gasteiger partial charge in [-0.3, -0.25) is 4.79 Å². The van der Waals surface area contributed by atoms with Crippen LogP contribution in [0.3, 0.4) is 0 Å². The van der Waals surface area contributed by atoms with Gasteiger partial charge in [-0.25, -0.2) is 0 Å². The fraction of sp³-hybridized carbons (Fsp3) is 0.545. The van der Waals surface area contributed by atoms with Crippen molar-refractivity contribution in [1.29, 1.82) is 0 Å². The molecule has 5 nitrogen and oxygen atoms in total. The Morgan fingerprint density at radius 3 is 2.82 bits per heavy atom. The molecule has 1 aliphatic carbocycles. The molecule has 2 aliphatic rings. The van der Waals surface area contributed by atoms with Gasteiger partial charge in [-0.05, 0) is 67.9 Å². The molecule has 0 spiro atoms. The number of aromatic nitrogens is 1. The van der Waals surface area contributed by atoms with Crippen molar-refractivity contribution in [2.45, 2.75) is 64.1 Å². The minimum atomic E-state index is -0.0250. The largest absolute Gasteiger partial charge is 0.376 e. The Morgan fingerprint density at radius 1 is 1.25 bits per heavy atom. The number of ether oxygens (including phenoxy) is 1. The van der Waals surface area contributed by atoms with E-state index in [1.54, 1.807) is 0 Å². The lowest BCUT2D eigenvalue weighted by Gasteiger charge is -2.32. The zero-order valence-electron chi connectivity index (χ0n) is 16.5. The highest BCUT2D eigenvalue weighted by molar-refractivity contribution is 7.80. The Morgan fingerprint density at radius 2 is 2.07 bits per heavy atom. The van der Waals surface area contributed by atoms with Crippen LogP contribution in [0, 0.1) is 6.92 Å². The molecule has 1 aromatic carbocycles. The molecule has 1 atom stereocenters. The van der Waals surface area contributed by atoms with Crippen LogP contribution in [0.25, 0.3) is 10.9 Å². The number of fused-ring (bicyclic) bond motifs is 1. The van der Waals surface area contributed by atoms with Gasteiger partial charge in [-0.2, -0.15) is 0 Å². The van der Waals surface area contributed by atoms with Gasteiger partial charge in [0.1, 0.15) is 0 Å². The van der Waals surface area contributed by atoms with Crippen LogP contribution >= 0.6 is 12.2 Å². The standard InChI is InChI=1S/C22H29N3O2S/c1-15-8-9-16-12-17(21(26)24-20(16)11-15)14-25(18-5-2-3-6-18)22(28)23-13-19-7-4-10-27-19/h8-9,11-12,18-19H,2-7,10,13-14H2,1H3,(H,23,28)(H,24,26)/t19-/m1/s1. The van der Waals surface area contributed by atoms with Gasteiger partial charge in [0.25, 0.3) is 5.56 Å². The van der Waals surface area contributed by atoms with Gasteiger partial charge in [0, 0.05) is 30.3 Å². The second-order valence-electron chi connectivity index (χ2n) is 8.10. The first kappa shape index (κ1) is 19.4. The number of nitrogens with one attached hydrogen (secondary N) is 2. The van der Waals surface area contributed by atoms with E-state index in [9.17, 15) is 4.79 Å². The smallest absolute Gasteiger partial charge is 0.253 e. The lowest BCUT2D eigenvalue weighted by Crippen LogP contribution is -2.47. The van der Waals surface area contributed by atoms with Crippen molar-refractivity contribution < 1.29 is 4.74 Å². The minimum Gasteiger partial charge on any atom is -0.376 e. The topological polar surface area (TPSA) is 57.4 Å². The van der Waals surface area contributed by atoms with Crippen LogP contribution in [0.1, 0.15) is 49.7 Å². The maximum atomic E-state index is 12.7. The van der Waals surface area contributed by atoms with Crippen LogP contribution in [-0.2, 0) is 11.3 Å². The highest BCUT2D eigenvalue weighted by Crippen LogP contribution is 2.25. The summed E-state index contributed by atoms with van der Waals surface area (Å²) in [5, 5.41) is 5.21. The third-order valence-electron chi connectivity index (χ3n) is 5.95. The normalized spacial score (nSPS) is 20.0. The van der Waals surface area contributed by atoms with E-state index in [1.165, 1.54) is 12.8 Å². The van der Waals surface area contributed by atoms with Crippen LogP contribution < -0.4 is 10.9 Å². The van der Waals surface area contributed by atoms with Gasteiger partial charge in [-0.1, -0.05) is 25.0 Å². The molecule has 2 aromatic rings. The second-order valence-corrected chi connectivity index (χ2v) is 8.49. The average molecular weight is 400 g/mol. The summed E-state index contributed by atoms with van der Waals surface area (Å²) in [6, 6.07) is 8.57. The van der Waals surface area contributed by atoms with E-state index < -0.39 is 0 Å². The van der Waals surface area contributed by atoms with Crippen LogP contribution in [0.15, 0.2) is 29.1 Å². The van der Waals surface area contributed by atoms with E-state index in [1.807, 2.05) is 19.1 Å². The number of benzene rings is 1. The van der Waals surface area contributed by atoms with E-state index in [4.69, 9.17) is 17.0 Å². The minimum absolute atomic E-state index is 0.0250. The van der Waals surface area contributed by atoms with Gasteiger partial charge < -0.3 is 19.9 Å². The molecule has 2 fully saturated rings. The van der Waals surface area contributed by atoms with E-state index >= 15 is 0 Å². The number of rotatable bonds is 5. The van der Waals surface area contributed by atoms with E-state index in [0.29, 0.717) is 12.6 Å². The molecular weight excluding hydrogens is 370 g/mol. The Labute approximate surface area is 171 Å². The zero-order valence-corrected chi connectivity index (χ0v) is 17.3. The van der Waals surface area contributed by atoms with Crippen molar-refractivity contribution in [3.05, 3.63) is 45.7 Å². The first-order chi connectivity index (χ1) is 13.6. The number of aryl methyl sites for hydroxylation is 1. The second kappa shape index (κ2) is 8.62. The molecule has 2 heterocycles. The van der Waals surface area contributed by atoms with Crippen molar-refractivity contribution in [1.82, 2.24) is 15.2 Å². The predicted molar refractivity (Wildman–Crippen MR) is 117 cm³/mol. The van der Waals surface area contributed by atoms with Crippen molar-refractivity contribution >= 4 is 28.2 Å². The summed E-state index contributed by atoms with van der Waals surface area (Å²) in [6.07, 6.45) is 7.17. The van der Waals surface area contributed by atoms with Crippen LogP contribution in [0.4, 0.5) is 0 Å². The fourth-order valence-corrected chi connectivity index (χ4v) is 4.65. The number of pyridine rings is 1. The van der Waals surface area contributed by atoms with Gasteiger partial charge in [-0.15, -0.1) is 0 Å². The van der Waals surface area contributed by atoms with E-state index in [2.05, 4.69) is 27.3 Å². The Balaban J connectivity index is 1.54. The average Bonchev–Trinajstić information content (AvgIpc) is 3.38. The van der Waals surface area contributed by atoms with Gasteiger partial charge in [0.15, 0.2) is 5.11 Å². The Kier molecular flexibility index (Phi) is 5.97. The molecule has 0 unspecified atom stereocenters. The van der Waals surface area contributed by atoms with Gasteiger partial charge in [0.2, 0.25) is 0 Å². The first-order valence-corrected chi connectivity index (χ1v) is 10.8. The molecule has 2 N–H and O–H groups in total. The van der Waals surface area contributed by atoms with Crippen molar-refractivity contribution in [2.24, 2.45) is 0 Å². The van der Waals surface area contributed by atoms with Crippen LogP contribution in [-0.4, -0.2) is 40.3 Å². The van der Waals surface area contributed by atoms with Crippen molar-refractivity contribution in [3.63, 3.8) is 0 Å². The molecule has 0 amide bonds. The highest BCUT2D eigenvalue weighted by Gasteiger charge is 2.26. The van der Waals surface area contributed by atoms with Crippen LogP contribution in [0.2, 0.25) is 0 Å². The van der Waals surface area contributed by atoms with Crippen LogP contribution in [0.5, 0.6) is 0 Å². The molecule has 6 heteroatoms. The Hall–Kier alpha value is -1.92. The first-order valence-electron chi connectivity index (χ1n) is 10.4. The predicted octanol–water partition coefficient (Wildman–Crippen LogP) is 3.63. The third kappa shape index (κ3) is 4.39. The van der Waals surface area contributed by atoms with Gasteiger partial charge >= 0.3 is 0 Å². The number of aromatic amines is 1. The van der Waals surface area contributed by atoms with Crippen molar-refractivity contribution in [2.75, 3.05) is 13.2 Å². The maximum Gasteiger partial charge on any atom is 0.253 e. The van der Waals surface area contributed by atoms with E-state index in [-0.39, 0.29) is 11.7 Å². The molecular formula is C22H29N3O2S. The quantitative estimate of drug-likeness (QED) is 0.752. The molecule has 0 bridgehead atoms. The molecule has 150 valence electrons. The number of H-pyrrole nitrogens is 1. The lowest BCUT2D eigenvalue weighted by atomic mass is 10.1. The summed E-state index contributed by atoms with van der Waals surface area (Å²) < 4.78 is 5.71. The summed E-state index contributed by atoms with van der Waals surface area (Å²) in [6.45, 7) is 4.17. The van der Waals surface area contributed by atoms with Crippen molar-refractivity contribution in [3.8, 4) is 0 Å². The molecule has 1 saturated heterocycles. The Bertz CT molecular complexity index is 898. The maximum absolute atomic E-state index is 12.7. The molecule has 1 aliphatic heterocycles. The summed E-state index contributed by atoms with van der Waals surface area (Å²) in [4.78, 5) is 18.0. The molecule has 28 heavy (non-hydrogen) atoms. The summed E-state index contributed by atoms with van der Waals surface area (Å²) >= 11 is 5.75. The summed E-state index contributed by atoms with van der Waals surface area (Å²) in [7, 11) is 0. The number of hydrogen-bond acceptors (Lipinski definition) is 3. The summed E-state index contributed by atoms with van der Waals surface area (Å²) in [5.74, 6) is 0. The van der Waals surface area contributed by atoms with Gasteiger partial charge in [0.05, 0.1) is 12.6 Å². The molecule has 4 rings (SSSR count). The summed E-state index contributed by atoms with van der Waals surface area (Å²) in [5.41, 5.74) is 2.77. The number of thiocarbonyl (C=S) groups is 1.